The molecule has 0 aliphatic carbocycles. The largest absolute Gasteiger partial charge is 0.481 e. The number of aliphatic carboxylic acids is 1. The molecule has 1 rings (SSSR count). The number of nitrogens with zero attached hydrogens (tertiary/aromatic N) is 2. The fourth-order valence-electron chi connectivity index (χ4n) is 2.48. The van der Waals surface area contributed by atoms with Crippen LogP contribution in [-0.4, -0.2) is 72.2 Å². The molecule has 1 N–H and O–H groups in total. The number of rotatable bonds is 9. The van der Waals surface area contributed by atoms with Crippen molar-refractivity contribution in [2.75, 3.05) is 39.3 Å². The molecule has 0 aromatic carbocycles. The van der Waals surface area contributed by atoms with Gasteiger partial charge in [-0.05, 0) is 25.9 Å². The molecule has 0 saturated carbocycles. The Labute approximate surface area is 127 Å². The van der Waals surface area contributed by atoms with E-state index >= 15 is 0 Å². The fraction of sp³-hybridized carbons (Fsp3) is 0.867. The van der Waals surface area contributed by atoms with Gasteiger partial charge in [-0.3, -0.25) is 9.59 Å². The SMILES string of the molecule is CCN(CC)CCN(CC(C)C(=O)O)C(=O)C1CCCO1. The molecule has 2 unspecified atom stereocenters. The molecule has 0 aromatic heterocycles. The molecule has 1 saturated heterocycles. The Hall–Kier alpha value is -1.14. The number of carboxylic acids is 1. The van der Waals surface area contributed by atoms with Crippen molar-refractivity contribution in [2.45, 2.75) is 39.7 Å². The van der Waals surface area contributed by atoms with Gasteiger partial charge in [0.15, 0.2) is 0 Å². The third kappa shape index (κ3) is 5.63. The van der Waals surface area contributed by atoms with Crippen LogP contribution < -0.4 is 0 Å². The zero-order chi connectivity index (χ0) is 15.8. The Morgan fingerprint density at radius 2 is 1.95 bits per heavy atom. The lowest BCUT2D eigenvalue weighted by molar-refractivity contribution is -0.146. The summed E-state index contributed by atoms with van der Waals surface area (Å²) in [7, 11) is 0. The molecule has 1 aliphatic heterocycles. The minimum atomic E-state index is -0.872. The lowest BCUT2D eigenvalue weighted by atomic mass is 10.1. The van der Waals surface area contributed by atoms with Crippen molar-refractivity contribution in [1.29, 1.82) is 0 Å². The fourth-order valence-corrected chi connectivity index (χ4v) is 2.48. The first-order valence-corrected chi connectivity index (χ1v) is 7.85. The van der Waals surface area contributed by atoms with E-state index in [9.17, 15) is 9.59 Å². The van der Waals surface area contributed by atoms with Gasteiger partial charge in [0.25, 0.3) is 5.91 Å². The summed E-state index contributed by atoms with van der Waals surface area (Å²) in [4.78, 5) is 27.4. The minimum absolute atomic E-state index is 0.0623. The third-order valence-electron chi connectivity index (χ3n) is 4.01. The zero-order valence-corrected chi connectivity index (χ0v) is 13.4. The highest BCUT2D eigenvalue weighted by Crippen LogP contribution is 2.16. The van der Waals surface area contributed by atoms with E-state index in [0.717, 1.165) is 32.5 Å². The average molecular weight is 300 g/mol. The second-order valence-corrected chi connectivity index (χ2v) is 5.55. The van der Waals surface area contributed by atoms with Gasteiger partial charge >= 0.3 is 5.97 Å². The summed E-state index contributed by atoms with van der Waals surface area (Å²) < 4.78 is 5.44. The van der Waals surface area contributed by atoms with Crippen molar-refractivity contribution in [1.82, 2.24) is 9.80 Å². The highest BCUT2D eigenvalue weighted by molar-refractivity contribution is 5.82. The number of carbonyl (C=O) groups is 2. The van der Waals surface area contributed by atoms with Gasteiger partial charge in [0.2, 0.25) is 0 Å². The first kappa shape index (κ1) is 17.9. The van der Waals surface area contributed by atoms with Gasteiger partial charge in [0.05, 0.1) is 5.92 Å². The van der Waals surface area contributed by atoms with E-state index in [-0.39, 0.29) is 18.6 Å². The van der Waals surface area contributed by atoms with E-state index in [1.807, 2.05) is 0 Å². The Balaban J connectivity index is 2.63. The number of likely N-dealkylation sites (N-methyl/N-ethyl adjacent to an activating group) is 1. The highest BCUT2D eigenvalue weighted by atomic mass is 16.5. The van der Waals surface area contributed by atoms with E-state index in [1.54, 1.807) is 11.8 Å². The lowest BCUT2D eigenvalue weighted by Crippen LogP contribution is -2.46. The van der Waals surface area contributed by atoms with E-state index in [0.29, 0.717) is 13.2 Å². The van der Waals surface area contributed by atoms with Crippen LogP contribution in [0.3, 0.4) is 0 Å². The zero-order valence-electron chi connectivity index (χ0n) is 13.4. The molecule has 1 amide bonds. The predicted octanol–water partition coefficient (Wildman–Crippen LogP) is 1.06. The normalized spacial score (nSPS) is 19.7. The first-order valence-electron chi connectivity index (χ1n) is 7.85. The molecule has 0 aromatic rings. The number of carboxylic acid groups (broad SMARTS) is 1. The van der Waals surface area contributed by atoms with Crippen molar-refractivity contribution in [3.63, 3.8) is 0 Å². The Bertz CT molecular complexity index is 339. The van der Waals surface area contributed by atoms with Crippen molar-refractivity contribution < 1.29 is 19.4 Å². The Morgan fingerprint density at radius 3 is 2.43 bits per heavy atom. The van der Waals surface area contributed by atoms with Crippen molar-refractivity contribution >= 4 is 11.9 Å². The van der Waals surface area contributed by atoms with E-state index in [4.69, 9.17) is 9.84 Å². The number of hydrogen-bond acceptors (Lipinski definition) is 4. The summed E-state index contributed by atoms with van der Waals surface area (Å²) in [6.45, 7) is 9.82. The van der Waals surface area contributed by atoms with Crippen LogP contribution in [0.1, 0.15) is 33.6 Å². The second kappa shape index (κ2) is 9.00. The van der Waals surface area contributed by atoms with Gasteiger partial charge in [-0.2, -0.15) is 0 Å². The molecule has 0 spiro atoms. The van der Waals surface area contributed by atoms with E-state index in [2.05, 4.69) is 18.7 Å². The van der Waals surface area contributed by atoms with Crippen LogP contribution in [0.5, 0.6) is 0 Å². The molecular weight excluding hydrogens is 272 g/mol. The Morgan fingerprint density at radius 1 is 1.29 bits per heavy atom. The number of hydrogen-bond donors (Lipinski definition) is 1. The summed E-state index contributed by atoms with van der Waals surface area (Å²) in [6.07, 6.45) is 1.25. The summed E-state index contributed by atoms with van der Waals surface area (Å²) in [5, 5.41) is 9.07. The third-order valence-corrected chi connectivity index (χ3v) is 4.01. The van der Waals surface area contributed by atoms with Crippen LogP contribution in [-0.2, 0) is 14.3 Å². The van der Waals surface area contributed by atoms with Gasteiger partial charge in [0.1, 0.15) is 6.10 Å². The maximum absolute atomic E-state index is 12.5. The minimum Gasteiger partial charge on any atom is -0.481 e. The van der Waals surface area contributed by atoms with Gasteiger partial charge in [-0.1, -0.05) is 20.8 Å². The average Bonchev–Trinajstić information content (AvgIpc) is 3.00. The monoisotopic (exact) mass is 300 g/mol. The molecular formula is C15H28N2O4. The summed E-state index contributed by atoms with van der Waals surface area (Å²) in [6, 6.07) is 0. The van der Waals surface area contributed by atoms with Crippen molar-refractivity contribution in [3.05, 3.63) is 0 Å². The molecule has 0 bridgehead atoms. The number of amides is 1. The summed E-state index contributed by atoms with van der Waals surface area (Å²) >= 11 is 0. The summed E-state index contributed by atoms with van der Waals surface area (Å²) in [5.74, 6) is -1.50. The van der Waals surface area contributed by atoms with Crippen LogP contribution in [0.4, 0.5) is 0 Å². The quantitative estimate of drug-likeness (QED) is 0.689. The van der Waals surface area contributed by atoms with Crippen molar-refractivity contribution in [2.24, 2.45) is 5.92 Å². The summed E-state index contributed by atoms with van der Waals surface area (Å²) in [5.41, 5.74) is 0. The van der Waals surface area contributed by atoms with E-state index in [1.165, 1.54) is 0 Å². The van der Waals surface area contributed by atoms with Crippen LogP contribution in [0.15, 0.2) is 0 Å². The molecule has 6 nitrogen and oxygen atoms in total. The standard InChI is InChI=1S/C15H28N2O4/c1-4-16(5-2)8-9-17(11-12(3)15(19)20)14(18)13-7-6-10-21-13/h12-13H,4-11H2,1-3H3,(H,19,20). The maximum atomic E-state index is 12.5. The van der Waals surface area contributed by atoms with Gasteiger partial charge in [-0.25, -0.2) is 0 Å². The van der Waals surface area contributed by atoms with E-state index < -0.39 is 11.9 Å². The number of ether oxygens (including phenoxy) is 1. The molecule has 1 fully saturated rings. The highest BCUT2D eigenvalue weighted by Gasteiger charge is 2.30. The van der Waals surface area contributed by atoms with Gasteiger partial charge < -0.3 is 19.6 Å². The molecule has 1 heterocycles. The first-order chi connectivity index (χ1) is 9.99. The van der Waals surface area contributed by atoms with Gasteiger partial charge in [-0.15, -0.1) is 0 Å². The smallest absolute Gasteiger partial charge is 0.308 e. The molecule has 6 heteroatoms. The number of carbonyl (C=O) groups excluding carboxylic acids is 1. The molecule has 2 atom stereocenters. The lowest BCUT2D eigenvalue weighted by Gasteiger charge is -2.29. The predicted molar refractivity (Wildman–Crippen MR) is 80.1 cm³/mol. The van der Waals surface area contributed by atoms with Crippen LogP contribution in [0.2, 0.25) is 0 Å². The molecule has 0 radical (unpaired) electrons. The topological polar surface area (TPSA) is 70.1 Å². The van der Waals surface area contributed by atoms with Crippen molar-refractivity contribution in [3.8, 4) is 0 Å². The maximum Gasteiger partial charge on any atom is 0.308 e. The van der Waals surface area contributed by atoms with Crippen LogP contribution in [0, 0.1) is 5.92 Å². The molecule has 122 valence electrons. The van der Waals surface area contributed by atoms with Crippen LogP contribution >= 0.6 is 0 Å². The van der Waals surface area contributed by atoms with Gasteiger partial charge in [0, 0.05) is 26.2 Å². The second-order valence-electron chi connectivity index (χ2n) is 5.55. The molecule has 21 heavy (non-hydrogen) atoms. The Kier molecular flexibility index (Phi) is 7.67. The van der Waals surface area contributed by atoms with Crippen LogP contribution in [0.25, 0.3) is 0 Å². The molecule has 1 aliphatic rings.